The Morgan fingerprint density at radius 2 is 1.81 bits per heavy atom. The molecule has 162 valence electrons. The number of ether oxygens (including phenoxy) is 2. The first-order valence-electron chi connectivity index (χ1n) is 9.90. The molecule has 0 aliphatic heterocycles. The molecular weight excluding hydrogens is 414 g/mol. The third-order valence-electron chi connectivity index (χ3n) is 4.57. The summed E-state index contributed by atoms with van der Waals surface area (Å²) in [6, 6.07) is 18.9. The zero-order valence-corrected chi connectivity index (χ0v) is 18.5. The lowest BCUT2D eigenvalue weighted by Gasteiger charge is -2.24. The van der Waals surface area contributed by atoms with Crippen molar-refractivity contribution >= 4 is 29.1 Å². The van der Waals surface area contributed by atoms with Crippen molar-refractivity contribution in [1.29, 1.82) is 0 Å². The minimum absolute atomic E-state index is 0.106. The zero-order valence-electron chi connectivity index (χ0n) is 17.7. The van der Waals surface area contributed by atoms with Crippen molar-refractivity contribution in [3.8, 4) is 21.3 Å². The van der Waals surface area contributed by atoms with Crippen molar-refractivity contribution in [1.82, 2.24) is 0 Å². The fourth-order valence-corrected chi connectivity index (χ4v) is 4.18. The van der Waals surface area contributed by atoms with E-state index >= 15 is 0 Å². The summed E-state index contributed by atoms with van der Waals surface area (Å²) in [5, 5.41) is 9.43. The quantitative estimate of drug-likeness (QED) is 0.432. The third kappa shape index (κ3) is 5.86. The Morgan fingerprint density at radius 3 is 2.45 bits per heavy atom. The van der Waals surface area contributed by atoms with E-state index < -0.39 is 6.16 Å². The highest BCUT2D eigenvalue weighted by molar-refractivity contribution is 7.18. The number of hydrogen-bond acceptors (Lipinski definition) is 5. The summed E-state index contributed by atoms with van der Waals surface area (Å²) in [5.74, 6) is 0.730. The van der Waals surface area contributed by atoms with Crippen LogP contribution in [0.5, 0.6) is 10.8 Å². The number of anilines is 1. The van der Waals surface area contributed by atoms with Gasteiger partial charge in [0.2, 0.25) is 11.0 Å². The lowest BCUT2D eigenvalue weighted by atomic mass is 10.1. The Kier molecular flexibility index (Phi) is 7.31. The van der Waals surface area contributed by atoms with Crippen LogP contribution in [0.15, 0.2) is 60.7 Å². The van der Waals surface area contributed by atoms with E-state index in [1.165, 1.54) is 11.3 Å². The van der Waals surface area contributed by atoms with Gasteiger partial charge in [0.1, 0.15) is 5.75 Å². The van der Waals surface area contributed by atoms with Crippen molar-refractivity contribution in [2.45, 2.75) is 26.8 Å². The van der Waals surface area contributed by atoms with Gasteiger partial charge in [0, 0.05) is 11.3 Å². The lowest BCUT2D eigenvalue weighted by Crippen LogP contribution is -2.31. The maximum absolute atomic E-state index is 13.2. The van der Waals surface area contributed by atoms with Crippen molar-refractivity contribution in [2.24, 2.45) is 5.92 Å². The highest BCUT2D eigenvalue weighted by Gasteiger charge is 2.25. The second-order valence-corrected chi connectivity index (χ2v) is 8.46. The SMILES string of the molecule is COc1cccc(CN(C(=O)CC(C)C)c2cc(-c3ccccc3)sc2OC(=O)O)c1. The highest BCUT2D eigenvalue weighted by atomic mass is 32.1. The minimum atomic E-state index is -1.42. The molecule has 0 radical (unpaired) electrons. The van der Waals surface area contributed by atoms with Crippen LogP contribution in [0.3, 0.4) is 0 Å². The first-order chi connectivity index (χ1) is 14.9. The van der Waals surface area contributed by atoms with Gasteiger partial charge in [-0.3, -0.25) is 4.79 Å². The summed E-state index contributed by atoms with van der Waals surface area (Å²) in [4.78, 5) is 26.9. The molecule has 0 aliphatic rings. The van der Waals surface area contributed by atoms with Gasteiger partial charge >= 0.3 is 6.16 Å². The van der Waals surface area contributed by atoms with Crippen molar-refractivity contribution in [3.63, 3.8) is 0 Å². The monoisotopic (exact) mass is 439 g/mol. The predicted octanol–water partition coefficient (Wildman–Crippen LogP) is 6.06. The molecule has 0 fully saturated rings. The second-order valence-electron chi connectivity index (χ2n) is 7.45. The molecule has 0 unspecified atom stereocenters. The number of thiophene rings is 1. The summed E-state index contributed by atoms with van der Waals surface area (Å²) >= 11 is 1.20. The van der Waals surface area contributed by atoms with Crippen molar-refractivity contribution in [3.05, 3.63) is 66.2 Å². The lowest BCUT2D eigenvalue weighted by molar-refractivity contribution is -0.119. The van der Waals surface area contributed by atoms with E-state index in [1.807, 2.05) is 74.5 Å². The number of carboxylic acid groups (broad SMARTS) is 1. The van der Waals surface area contributed by atoms with Crippen molar-refractivity contribution in [2.75, 3.05) is 12.0 Å². The molecular formula is C24H25NO5S. The molecule has 2 aromatic carbocycles. The molecule has 7 heteroatoms. The Labute approximate surface area is 185 Å². The van der Waals surface area contributed by atoms with Gasteiger partial charge in [0.25, 0.3) is 0 Å². The molecule has 1 heterocycles. The molecule has 1 N–H and O–H groups in total. The molecule has 31 heavy (non-hydrogen) atoms. The van der Waals surface area contributed by atoms with Gasteiger partial charge in [-0.25, -0.2) is 4.79 Å². The van der Waals surface area contributed by atoms with Crippen LogP contribution in [0, 0.1) is 5.92 Å². The molecule has 0 saturated carbocycles. The molecule has 0 saturated heterocycles. The predicted molar refractivity (Wildman–Crippen MR) is 122 cm³/mol. The largest absolute Gasteiger partial charge is 0.512 e. The maximum atomic E-state index is 13.2. The van der Waals surface area contributed by atoms with Crippen LogP contribution in [-0.2, 0) is 11.3 Å². The van der Waals surface area contributed by atoms with E-state index in [0.717, 1.165) is 16.0 Å². The average molecular weight is 440 g/mol. The van der Waals surface area contributed by atoms with Crippen LogP contribution in [0.2, 0.25) is 0 Å². The number of rotatable bonds is 8. The van der Waals surface area contributed by atoms with Crippen LogP contribution < -0.4 is 14.4 Å². The Hall–Kier alpha value is -3.32. The second kappa shape index (κ2) is 10.1. The van der Waals surface area contributed by atoms with Gasteiger partial charge < -0.3 is 19.5 Å². The van der Waals surface area contributed by atoms with Gasteiger partial charge in [0.15, 0.2) is 0 Å². The highest BCUT2D eigenvalue weighted by Crippen LogP contribution is 2.44. The summed E-state index contributed by atoms with van der Waals surface area (Å²) in [7, 11) is 1.59. The molecule has 1 aromatic heterocycles. The minimum Gasteiger partial charge on any atom is -0.497 e. The summed E-state index contributed by atoms with van der Waals surface area (Å²) < 4.78 is 10.4. The molecule has 6 nitrogen and oxygen atoms in total. The van der Waals surface area contributed by atoms with Gasteiger partial charge in [-0.2, -0.15) is 0 Å². The van der Waals surface area contributed by atoms with Crippen LogP contribution in [0.4, 0.5) is 10.5 Å². The summed E-state index contributed by atoms with van der Waals surface area (Å²) in [6.07, 6.45) is -1.09. The molecule has 0 spiro atoms. The van der Waals surface area contributed by atoms with Gasteiger partial charge in [-0.05, 0) is 35.2 Å². The number of benzene rings is 2. The number of carbonyl (C=O) groups is 2. The topological polar surface area (TPSA) is 76.1 Å². The number of amides is 1. The number of nitrogens with zero attached hydrogens (tertiary/aromatic N) is 1. The van der Waals surface area contributed by atoms with Crippen LogP contribution >= 0.6 is 11.3 Å². The first-order valence-corrected chi connectivity index (χ1v) is 10.7. The number of carbonyl (C=O) groups excluding carboxylic acids is 1. The van der Waals surface area contributed by atoms with E-state index in [-0.39, 0.29) is 23.4 Å². The molecule has 1 amide bonds. The van der Waals surface area contributed by atoms with E-state index in [9.17, 15) is 14.7 Å². The molecule has 0 bridgehead atoms. The van der Waals surface area contributed by atoms with Gasteiger partial charge in [0.05, 0.1) is 19.3 Å². The Balaban J connectivity index is 2.06. The van der Waals surface area contributed by atoms with Crippen LogP contribution in [0.1, 0.15) is 25.8 Å². The standard InChI is InChI=1S/C24H25NO5S/c1-16(2)12-22(26)25(15-17-8-7-11-19(13-17)29-3)20-14-21(18-9-5-4-6-10-18)31-23(20)30-24(27)28/h4-11,13-14,16H,12,15H2,1-3H3,(H,27,28). The van der Waals surface area contributed by atoms with Crippen molar-refractivity contribution < 1.29 is 24.2 Å². The van der Waals surface area contributed by atoms with Gasteiger partial charge in [-0.1, -0.05) is 67.6 Å². The maximum Gasteiger partial charge on any atom is 0.512 e. The molecule has 0 atom stereocenters. The number of hydrogen-bond donors (Lipinski definition) is 1. The van der Waals surface area contributed by atoms with E-state index in [2.05, 4.69) is 0 Å². The zero-order chi connectivity index (χ0) is 22.4. The normalized spacial score (nSPS) is 10.7. The van der Waals surface area contributed by atoms with Crippen LogP contribution in [0.25, 0.3) is 10.4 Å². The van der Waals surface area contributed by atoms with E-state index in [0.29, 0.717) is 17.9 Å². The molecule has 3 rings (SSSR count). The van der Waals surface area contributed by atoms with Gasteiger partial charge in [-0.15, -0.1) is 0 Å². The molecule has 0 aliphatic carbocycles. The van der Waals surface area contributed by atoms with E-state index in [1.54, 1.807) is 12.0 Å². The van der Waals surface area contributed by atoms with E-state index in [4.69, 9.17) is 9.47 Å². The molecule has 3 aromatic rings. The summed E-state index contributed by atoms with van der Waals surface area (Å²) in [5.41, 5.74) is 2.23. The summed E-state index contributed by atoms with van der Waals surface area (Å²) in [6.45, 7) is 4.21. The fourth-order valence-electron chi connectivity index (χ4n) is 3.17. The number of methoxy groups -OCH3 is 1. The average Bonchev–Trinajstić information content (AvgIpc) is 3.15. The Morgan fingerprint density at radius 1 is 1.06 bits per heavy atom. The first kappa shape index (κ1) is 22.4. The van der Waals surface area contributed by atoms with Crippen LogP contribution in [-0.4, -0.2) is 24.3 Å². The third-order valence-corrected chi connectivity index (χ3v) is 5.62. The smallest absolute Gasteiger partial charge is 0.497 e. The Bertz CT molecular complexity index is 1050. The fraction of sp³-hybridized carbons (Fsp3) is 0.250.